The third-order valence-electron chi connectivity index (χ3n) is 3.01. The van der Waals surface area contributed by atoms with Crippen LogP contribution in [0.15, 0.2) is 12.5 Å². The molecule has 4 heteroatoms. The number of hydrogen-bond donors (Lipinski definition) is 1. The number of nitrogen functional groups attached to an aromatic ring is 1. The van der Waals surface area contributed by atoms with Gasteiger partial charge >= 0.3 is 0 Å². The predicted molar refractivity (Wildman–Crippen MR) is 57.0 cm³/mol. The van der Waals surface area contributed by atoms with Crippen molar-refractivity contribution in [3.8, 4) is 0 Å². The Labute approximate surface area is 84.2 Å². The van der Waals surface area contributed by atoms with Crippen molar-refractivity contribution in [2.24, 2.45) is 11.8 Å². The van der Waals surface area contributed by atoms with Gasteiger partial charge in [0.15, 0.2) is 5.82 Å². The molecule has 14 heavy (non-hydrogen) atoms. The second-order valence-corrected chi connectivity index (χ2v) is 4.16. The molecule has 2 heterocycles. The van der Waals surface area contributed by atoms with E-state index in [0.29, 0.717) is 17.5 Å². The molecule has 76 valence electrons. The Morgan fingerprint density at radius 3 is 2.57 bits per heavy atom. The van der Waals surface area contributed by atoms with E-state index in [1.807, 2.05) is 0 Å². The highest BCUT2D eigenvalue weighted by molar-refractivity contribution is 5.61. The van der Waals surface area contributed by atoms with Crippen LogP contribution in [0.1, 0.15) is 13.8 Å². The molecule has 1 fully saturated rings. The zero-order valence-electron chi connectivity index (χ0n) is 8.64. The number of anilines is 2. The number of nitrogens with two attached hydrogens (primary N) is 1. The van der Waals surface area contributed by atoms with Crippen LogP contribution in [0.2, 0.25) is 0 Å². The molecule has 2 N–H and O–H groups in total. The van der Waals surface area contributed by atoms with Crippen molar-refractivity contribution in [1.82, 2.24) is 9.97 Å². The van der Waals surface area contributed by atoms with Gasteiger partial charge in [0.25, 0.3) is 0 Å². The van der Waals surface area contributed by atoms with Crippen molar-refractivity contribution in [1.29, 1.82) is 0 Å². The lowest BCUT2D eigenvalue weighted by Gasteiger charge is -2.17. The normalized spacial score (nSPS) is 26.9. The topological polar surface area (TPSA) is 55.0 Å². The van der Waals surface area contributed by atoms with Crippen LogP contribution >= 0.6 is 0 Å². The second kappa shape index (κ2) is 3.44. The fraction of sp³-hybridized carbons (Fsp3) is 0.600. The van der Waals surface area contributed by atoms with Crippen molar-refractivity contribution in [3.05, 3.63) is 12.5 Å². The summed E-state index contributed by atoms with van der Waals surface area (Å²) in [4.78, 5) is 10.4. The molecule has 2 atom stereocenters. The van der Waals surface area contributed by atoms with Gasteiger partial charge in [0.05, 0.1) is 11.9 Å². The molecular formula is C10H16N4. The zero-order valence-corrected chi connectivity index (χ0v) is 8.64. The number of hydrogen-bond acceptors (Lipinski definition) is 4. The highest BCUT2D eigenvalue weighted by atomic mass is 15.2. The molecule has 0 spiro atoms. The van der Waals surface area contributed by atoms with Gasteiger partial charge in [-0.3, -0.25) is 0 Å². The Balaban J connectivity index is 2.21. The lowest BCUT2D eigenvalue weighted by Crippen LogP contribution is -2.22. The first kappa shape index (κ1) is 9.24. The molecule has 0 radical (unpaired) electrons. The number of rotatable bonds is 1. The fourth-order valence-electron chi connectivity index (χ4n) is 1.90. The largest absolute Gasteiger partial charge is 0.394 e. The Hall–Kier alpha value is -1.32. The minimum atomic E-state index is 0.675. The Morgan fingerprint density at radius 1 is 1.36 bits per heavy atom. The van der Waals surface area contributed by atoms with Gasteiger partial charge in [-0.05, 0) is 11.8 Å². The summed E-state index contributed by atoms with van der Waals surface area (Å²) < 4.78 is 0. The van der Waals surface area contributed by atoms with Gasteiger partial charge < -0.3 is 10.6 Å². The first-order chi connectivity index (χ1) is 6.68. The van der Waals surface area contributed by atoms with Crippen molar-refractivity contribution in [3.63, 3.8) is 0 Å². The molecule has 1 saturated heterocycles. The van der Waals surface area contributed by atoms with E-state index < -0.39 is 0 Å². The van der Waals surface area contributed by atoms with Gasteiger partial charge in [-0.15, -0.1) is 0 Å². The lowest BCUT2D eigenvalue weighted by atomic mass is 10.0. The van der Waals surface area contributed by atoms with E-state index in [1.54, 1.807) is 12.5 Å². The first-order valence-electron chi connectivity index (χ1n) is 4.99. The molecule has 0 aromatic carbocycles. The summed E-state index contributed by atoms with van der Waals surface area (Å²) in [5.74, 6) is 2.31. The molecule has 1 aromatic heterocycles. The molecule has 2 rings (SSSR count). The summed E-state index contributed by atoms with van der Waals surface area (Å²) in [6.07, 6.45) is 3.22. The third kappa shape index (κ3) is 1.52. The van der Waals surface area contributed by atoms with E-state index in [-0.39, 0.29) is 0 Å². The maximum absolute atomic E-state index is 5.82. The smallest absolute Gasteiger partial charge is 0.155 e. The van der Waals surface area contributed by atoms with Gasteiger partial charge in [-0.25, -0.2) is 9.97 Å². The minimum Gasteiger partial charge on any atom is -0.394 e. The first-order valence-corrected chi connectivity index (χ1v) is 4.99. The highest BCUT2D eigenvalue weighted by Gasteiger charge is 2.27. The van der Waals surface area contributed by atoms with Crippen LogP contribution in [0.4, 0.5) is 11.5 Å². The van der Waals surface area contributed by atoms with E-state index in [9.17, 15) is 0 Å². The van der Waals surface area contributed by atoms with E-state index in [4.69, 9.17) is 5.73 Å². The van der Waals surface area contributed by atoms with Crippen LogP contribution in [-0.4, -0.2) is 23.1 Å². The van der Waals surface area contributed by atoms with Crippen molar-refractivity contribution in [2.75, 3.05) is 23.7 Å². The lowest BCUT2D eigenvalue weighted by molar-refractivity contribution is 0.494. The number of aromatic nitrogens is 2. The molecule has 0 amide bonds. The Kier molecular flexibility index (Phi) is 2.27. The highest BCUT2D eigenvalue weighted by Crippen LogP contribution is 2.28. The Morgan fingerprint density at radius 2 is 2.00 bits per heavy atom. The molecule has 1 aromatic rings. The Bertz CT molecular complexity index is 316. The monoisotopic (exact) mass is 192 g/mol. The zero-order chi connectivity index (χ0) is 10.1. The summed E-state index contributed by atoms with van der Waals surface area (Å²) >= 11 is 0. The molecule has 2 unspecified atom stereocenters. The predicted octanol–water partition coefficient (Wildman–Crippen LogP) is 1.15. The van der Waals surface area contributed by atoms with Crippen LogP contribution < -0.4 is 10.6 Å². The summed E-state index contributed by atoms with van der Waals surface area (Å²) in [5, 5.41) is 0. The van der Waals surface area contributed by atoms with Crippen LogP contribution in [0, 0.1) is 11.8 Å². The maximum atomic E-state index is 5.82. The number of nitrogens with zero attached hydrogens (tertiary/aromatic N) is 3. The molecular weight excluding hydrogens is 176 g/mol. The van der Waals surface area contributed by atoms with Gasteiger partial charge in [0.1, 0.15) is 6.33 Å². The van der Waals surface area contributed by atoms with Gasteiger partial charge in [-0.1, -0.05) is 13.8 Å². The summed E-state index contributed by atoms with van der Waals surface area (Å²) in [7, 11) is 0. The van der Waals surface area contributed by atoms with E-state index in [0.717, 1.165) is 18.9 Å². The van der Waals surface area contributed by atoms with Gasteiger partial charge in [-0.2, -0.15) is 0 Å². The van der Waals surface area contributed by atoms with Crippen molar-refractivity contribution < 1.29 is 0 Å². The standard InChI is InChI=1S/C10H16N4/c1-7-4-14(5-8(7)2)10-9(11)3-12-6-13-10/h3,6-8H,4-5,11H2,1-2H3. The quantitative estimate of drug-likeness (QED) is 0.725. The fourth-order valence-corrected chi connectivity index (χ4v) is 1.90. The maximum Gasteiger partial charge on any atom is 0.155 e. The van der Waals surface area contributed by atoms with Crippen molar-refractivity contribution >= 4 is 11.5 Å². The molecule has 0 aliphatic carbocycles. The minimum absolute atomic E-state index is 0.675. The van der Waals surface area contributed by atoms with Crippen LogP contribution in [0.5, 0.6) is 0 Å². The molecule has 0 bridgehead atoms. The summed E-state index contributed by atoms with van der Waals surface area (Å²) in [6, 6.07) is 0. The van der Waals surface area contributed by atoms with Crippen LogP contribution in [0.25, 0.3) is 0 Å². The summed E-state index contributed by atoms with van der Waals surface area (Å²) in [6.45, 7) is 6.62. The summed E-state index contributed by atoms with van der Waals surface area (Å²) in [5.41, 5.74) is 6.50. The molecule has 0 saturated carbocycles. The molecule has 4 nitrogen and oxygen atoms in total. The SMILES string of the molecule is CC1CN(c2ncncc2N)CC1C. The second-order valence-electron chi connectivity index (χ2n) is 4.16. The van der Waals surface area contributed by atoms with Crippen LogP contribution in [0.3, 0.4) is 0 Å². The third-order valence-corrected chi connectivity index (χ3v) is 3.01. The van der Waals surface area contributed by atoms with Gasteiger partial charge in [0.2, 0.25) is 0 Å². The van der Waals surface area contributed by atoms with E-state index in [1.165, 1.54) is 0 Å². The van der Waals surface area contributed by atoms with E-state index in [2.05, 4.69) is 28.7 Å². The molecule has 1 aliphatic rings. The van der Waals surface area contributed by atoms with Crippen LogP contribution in [-0.2, 0) is 0 Å². The average Bonchev–Trinajstić information content (AvgIpc) is 2.48. The van der Waals surface area contributed by atoms with Gasteiger partial charge in [0, 0.05) is 13.1 Å². The average molecular weight is 192 g/mol. The molecule has 1 aliphatic heterocycles. The van der Waals surface area contributed by atoms with E-state index >= 15 is 0 Å². The van der Waals surface area contributed by atoms with Crippen molar-refractivity contribution in [2.45, 2.75) is 13.8 Å².